The maximum atomic E-state index is 10.3. The van der Waals surface area contributed by atoms with Gasteiger partial charge in [-0.2, -0.15) is 0 Å². The van der Waals surface area contributed by atoms with E-state index >= 15 is 0 Å². The lowest BCUT2D eigenvalue weighted by atomic mass is 10.2. The topological polar surface area (TPSA) is 102 Å². The Morgan fingerprint density at radius 1 is 0.475 bits per heavy atom. The quantitative estimate of drug-likeness (QED) is 0.151. The van der Waals surface area contributed by atoms with E-state index in [1.54, 1.807) is 48.8 Å². The van der Waals surface area contributed by atoms with Gasteiger partial charge in [0, 0.05) is 35.7 Å². The SMILES string of the molecule is Oc1cc(OCCOc2ccccc2)ccc1C=NCCN=Cc1ccc(OCCOc2ccccc2)cc1O. The molecule has 0 saturated heterocycles. The molecule has 0 bridgehead atoms. The van der Waals surface area contributed by atoms with Crippen LogP contribution in [0.4, 0.5) is 0 Å². The van der Waals surface area contributed by atoms with Gasteiger partial charge in [-0.25, -0.2) is 0 Å². The van der Waals surface area contributed by atoms with Gasteiger partial charge in [-0.05, 0) is 48.5 Å². The van der Waals surface area contributed by atoms with Gasteiger partial charge in [0.25, 0.3) is 0 Å². The fourth-order valence-electron chi connectivity index (χ4n) is 3.56. The number of ether oxygens (including phenoxy) is 4. The number of hydrogen-bond acceptors (Lipinski definition) is 8. The molecule has 4 rings (SSSR count). The first-order valence-corrected chi connectivity index (χ1v) is 12.9. The van der Waals surface area contributed by atoms with Gasteiger partial charge in [0.2, 0.25) is 0 Å². The number of aliphatic imine (C=N–C) groups is 2. The Labute approximate surface area is 233 Å². The summed E-state index contributed by atoms with van der Waals surface area (Å²) in [5.74, 6) is 2.82. The van der Waals surface area contributed by atoms with Crippen molar-refractivity contribution < 1.29 is 29.2 Å². The molecule has 0 aromatic heterocycles. The van der Waals surface area contributed by atoms with Crippen molar-refractivity contribution in [2.24, 2.45) is 9.98 Å². The summed E-state index contributed by atoms with van der Waals surface area (Å²) in [4.78, 5) is 8.64. The van der Waals surface area contributed by atoms with E-state index < -0.39 is 0 Å². The molecule has 0 saturated carbocycles. The van der Waals surface area contributed by atoms with Gasteiger partial charge in [-0.1, -0.05) is 36.4 Å². The van der Waals surface area contributed by atoms with E-state index in [-0.39, 0.29) is 11.5 Å². The molecule has 4 aromatic carbocycles. The molecular weight excluding hydrogens is 508 g/mol. The van der Waals surface area contributed by atoms with Crippen LogP contribution in [-0.2, 0) is 0 Å². The van der Waals surface area contributed by atoms with Gasteiger partial charge in [0.1, 0.15) is 60.9 Å². The third-order valence-corrected chi connectivity index (χ3v) is 5.55. The third kappa shape index (κ3) is 9.40. The van der Waals surface area contributed by atoms with Gasteiger partial charge in [0.05, 0.1) is 13.1 Å². The molecule has 0 aliphatic carbocycles. The number of phenols is 2. The smallest absolute Gasteiger partial charge is 0.128 e. The molecule has 8 nitrogen and oxygen atoms in total. The largest absolute Gasteiger partial charge is 0.507 e. The van der Waals surface area contributed by atoms with E-state index in [1.807, 2.05) is 60.7 Å². The summed E-state index contributed by atoms with van der Waals surface area (Å²) in [5.41, 5.74) is 1.17. The number of aromatic hydroxyl groups is 2. The number of benzene rings is 4. The van der Waals surface area contributed by atoms with Crippen LogP contribution in [0.5, 0.6) is 34.5 Å². The molecule has 0 spiro atoms. The van der Waals surface area contributed by atoms with E-state index in [0.29, 0.717) is 62.1 Å². The van der Waals surface area contributed by atoms with Crippen molar-refractivity contribution in [2.75, 3.05) is 39.5 Å². The zero-order chi connectivity index (χ0) is 27.8. The molecule has 0 fully saturated rings. The van der Waals surface area contributed by atoms with Crippen LogP contribution in [0.1, 0.15) is 11.1 Å². The molecule has 0 unspecified atom stereocenters. The van der Waals surface area contributed by atoms with Crippen LogP contribution >= 0.6 is 0 Å². The first kappa shape index (κ1) is 28.0. The van der Waals surface area contributed by atoms with Crippen LogP contribution in [-0.4, -0.2) is 62.2 Å². The second kappa shape index (κ2) is 15.4. The maximum Gasteiger partial charge on any atom is 0.128 e. The molecule has 0 atom stereocenters. The minimum atomic E-state index is 0.0765. The number of rotatable bonds is 15. The van der Waals surface area contributed by atoms with E-state index in [2.05, 4.69) is 9.98 Å². The summed E-state index contributed by atoms with van der Waals surface area (Å²) in [6, 6.07) is 29.2. The number of para-hydroxylation sites is 2. The predicted octanol–water partition coefficient (Wildman–Crippen LogP) is 5.55. The van der Waals surface area contributed by atoms with E-state index in [0.717, 1.165) is 11.5 Å². The van der Waals surface area contributed by atoms with Crippen LogP contribution in [0.25, 0.3) is 0 Å². The summed E-state index contributed by atoms with van der Waals surface area (Å²) in [6.45, 7) is 2.36. The highest BCUT2D eigenvalue weighted by Crippen LogP contribution is 2.23. The molecule has 206 valence electrons. The average molecular weight is 541 g/mol. The molecule has 0 aliphatic heterocycles. The highest BCUT2D eigenvalue weighted by atomic mass is 16.5. The monoisotopic (exact) mass is 540 g/mol. The first-order chi connectivity index (χ1) is 19.7. The van der Waals surface area contributed by atoms with Crippen LogP contribution in [0.15, 0.2) is 107 Å². The number of hydrogen-bond donors (Lipinski definition) is 2. The molecule has 40 heavy (non-hydrogen) atoms. The second-order valence-corrected chi connectivity index (χ2v) is 8.53. The fraction of sp³-hybridized carbons (Fsp3) is 0.188. The normalized spacial score (nSPS) is 11.1. The third-order valence-electron chi connectivity index (χ3n) is 5.55. The summed E-state index contributed by atoms with van der Waals surface area (Å²) in [6.07, 6.45) is 3.19. The molecule has 0 heterocycles. The summed E-state index contributed by atoms with van der Waals surface area (Å²) >= 11 is 0. The average Bonchev–Trinajstić information content (AvgIpc) is 2.98. The van der Waals surface area contributed by atoms with Crippen molar-refractivity contribution in [3.05, 3.63) is 108 Å². The van der Waals surface area contributed by atoms with Crippen molar-refractivity contribution in [1.29, 1.82) is 0 Å². The molecule has 2 N–H and O–H groups in total. The van der Waals surface area contributed by atoms with E-state index in [4.69, 9.17) is 18.9 Å². The molecule has 8 heteroatoms. The molecule has 4 aromatic rings. The Kier molecular flexibility index (Phi) is 10.8. The highest BCUT2D eigenvalue weighted by Gasteiger charge is 2.03. The van der Waals surface area contributed by atoms with E-state index in [9.17, 15) is 10.2 Å². The lowest BCUT2D eigenvalue weighted by molar-refractivity contribution is 0.216. The van der Waals surface area contributed by atoms with Gasteiger partial charge < -0.3 is 29.2 Å². The zero-order valence-corrected chi connectivity index (χ0v) is 22.1. The van der Waals surface area contributed by atoms with Crippen molar-refractivity contribution >= 4 is 12.4 Å². The van der Waals surface area contributed by atoms with Crippen molar-refractivity contribution in [1.82, 2.24) is 0 Å². The number of nitrogens with zero attached hydrogens (tertiary/aromatic N) is 2. The lowest BCUT2D eigenvalue weighted by Gasteiger charge is -2.09. The van der Waals surface area contributed by atoms with Crippen molar-refractivity contribution in [2.45, 2.75) is 0 Å². The minimum Gasteiger partial charge on any atom is -0.507 e. The van der Waals surface area contributed by atoms with Crippen LogP contribution < -0.4 is 18.9 Å². The Balaban J connectivity index is 1.14. The first-order valence-electron chi connectivity index (χ1n) is 12.9. The van der Waals surface area contributed by atoms with Gasteiger partial charge in [-0.15, -0.1) is 0 Å². The predicted molar refractivity (Wildman–Crippen MR) is 156 cm³/mol. The Hall–Kier alpha value is -4.98. The van der Waals surface area contributed by atoms with Crippen LogP contribution in [0.3, 0.4) is 0 Å². The fourth-order valence-corrected chi connectivity index (χ4v) is 3.56. The minimum absolute atomic E-state index is 0.0765. The lowest BCUT2D eigenvalue weighted by Crippen LogP contribution is -2.08. The summed E-state index contributed by atoms with van der Waals surface area (Å²) < 4.78 is 22.5. The summed E-state index contributed by atoms with van der Waals surface area (Å²) in [7, 11) is 0. The Bertz CT molecular complexity index is 1270. The van der Waals surface area contributed by atoms with Crippen LogP contribution in [0, 0.1) is 0 Å². The highest BCUT2D eigenvalue weighted by molar-refractivity contribution is 5.84. The Morgan fingerprint density at radius 2 is 0.850 bits per heavy atom. The van der Waals surface area contributed by atoms with Gasteiger partial charge in [-0.3, -0.25) is 9.98 Å². The standard InChI is InChI=1S/C32H32N2O6/c35-31-21-29(39-19-17-37-27-7-3-1-4-8-27)13-11-25(31)23-33-15-16-34-24-26-12-14-30(22-32(26)36)40-20-18-38-28-9-5-2-6-10-28/h1-14,21-24,35-36H,15-20H2. The number of phenolic OH excluding ortho intramolecular Hbond substituents is 2. The molecule has 0 aliphatic rings. The Morgan fingerprint density at radius 3 is 1.23 bits per heavy atom. The summed E-state index contributed by atoms with van der Waals surface area (Å²) in [5, 5.41) is 20.5. The van der Waals surface area contributed by atoms with Gasteiger partial charge in [0.15, 0.2) is 0 Å². The van der Waals surface area contributed by atoms with Gasteiger partial charge >= 0.3 is 0 Å². The van der Waals surface area contributed by atoms with Crippen molar-refractivity contribution in [3.63, 3.8) is 0 Å². The molecule has 0 amide bonds. The van der Waals surface area contributed by atoms with Crippen LogP contribution in [0.2, 0.25) is 0 Å². The van der Waals surface area contributed by atoms with E-state index in [1.165, 1.54) is 0 Å². The van der Waals surface area contributed by atoms with Crippen molar-refractivity contribution in [3.8, 4) is 34.5 Å². The zero-order valence-electron chi connectivity index (χ0n) is 22.1. The second-order valence-electron chi connectivity index (χ2n) is 8.53. The molecular formula is C32H32N2O6. The molecule has 0 radical (unpaired) electrons. The maximum absolute atomic E-state index is 10.3.